The average Bonchev–Trinajstić information content (AvgIpc) is 2.83. The quantitative estimate of drug-likeness (QED) is 0.551. The van der Waals surface area contributed by atoms with Crippen molar-refractivity contribution in [3.05, 3.63) is 12.2 Å². The number of nitrogens with one attached hydrogen (secondary N) is 2. The van der Waals surface area contributed by atoms with Crippen molar-refractivity contribution in [1.29, 1.82) is 0 Å². The van der Waals surface area contributed by atoms with Gasteiger partial charge in [0.2, 0.25) is 0 Å². The van der Waals surface area contributed by atoms with Crippen LogP contribution >= 0.6 is 0 Å². The van der Waals surface area contributed by atoms with Crippen molar-refractivity contribution in [2.24, 2.45) is 7.05 Å². The number of amides is 2. The number of carboxylic acids is 1. The molecule has 0 radical (unpaired) electrons. The Hall–Kier alpha value is -2.12. The molecule has 0 bridgehead atoms. The van der Waals surface area contributed by atoms with Crippen molar-refractivity contribution >= 4 is 12.0 Å². The highest BCUT2D eigenvalue weighted by Gasteiger charge is 2.02. The number of hydrogen-bond acceptors (Lipinski definition) is 4. The normalized spacial score (nSPS) is 10.3. The Bertz CT molecular complexity index is 447. The predicted molar refractivity (Wildman–Crippen MR) is 76.8 cm³/mol. The van der Waals surface area contributed by atoms with Gasteiger partial charge < -0.3 is 15.7 Å². The first kappa shape index (κ1) is 16.9. The Morgan fingerprint density at radius 3 is 2.57 bits per heavy atom. The fourth-order valence-electron chi connectivity index (χ4n) is 1.81. The highest BCUT2D eigenvalue weighted by atomic mass is 16.4. The van der Waals surface area contributed by atoms with Crippen LogP contribution < -0.4 is 10.6 Å². The minimum Gasteiger partial charge on any atom is -0.481 e. The van der Waals surface area contributed by atoms with Crippen LogP contribution in [0.25, 0.3) is 0 Å². The van der Waals surface area contributed by atoms with Crippen LogP contribution in [0.1, 0.15) is 37.9 Å². The van der Waals surface area contributed by atoms with Crippen LogP contribution in [0.15, 0.2) is 6.33 Å². The molecule has 0 aliphatic rings. The minimum atomic E-state index is -0.755. The van der Waals surface area contributed by atoms with Gasteiger partial charge >= 0.3 is 12.0 Å². The van der Waals surface area contributed by atoms with Gasteiger partial charge in [-0.1, -0.05) is 12.8 Å². The molecule has 0 saturated heterocycles. The summed E-state index contributed by atoms with van der Waals surface area (Å²) < 4.78 is 1.62. The molecular weight excluding hydrogens is 274 g/mol. The van der Waals surface area contributed by atoms with Gasteiger partial charge in [0.05, 0.1) is 0 Å². The van der Waals surface area contributed by atoms with Gasteiger partial charge in [-0.3, -0.25) is 9.48 Å². The molecule has 1 aromatic rings. The molecule has 0 fully saturated rings. The molecule has 3 N–H and O–H groups in total. The van der Waals surface area contributed by atoms with E-state index in [1.54, 1.807) is 18.1 Å². The van der Waals surface area contributed by atoms with E-state index in [9.17, 15) is 9.59 Å². The summed E-state index contributed by atoms with van der Waals surface area (Å²) in [5.41, 5.74) is 0. The smallest absolute Gasteiger partial charge is 0.314 e. The van der Waals surface area contributed by atoms with Gasteiger partial charge in [-0.15, -0.1) is 0 Å². The van der Waals surface area contributed by atoms with Crippen LogP contribution in [0.2, 0.25) is 0 Å². The molecule has 0 saturated carbocycles. The number of urea groups is 1. The lowest BCUT2D eigenvalue weighted by Gasteiger charge is -2.06. The SMILES string of the molecule is Cn1cnc(CCNC(=O)NCCCCCCC(=O)O)n1. The number of carboxylic acid groups (broad SMARTS) is 1. The van der Waals surface area contributed by atoms with E-state index in [2.05, 4.69) is 20.7 Å². The fraction of sp³-hybridized carbons (Fsp3) is 0.692. The second kappa shape index (κ2) is 9.73. The highest BCUT2D eigenvalue weighted by molar-refractivity contribution is 5.73. The molecule has 0 unspecified atom stereocenters. The number of hydrogen-bond donors (Lipinski definition) is 3. The zero-order chi connectivity index (χ0) is 15.5. The number of rotatable bonds is 10. The maximum atomic E-state index is 11.5. The third-order valence-corrected chi connectivity index (χ3v) is 2.88. The van der Waals surface area contributed by atoms with Crippen molar-refractivity contribution in [2.45, 2.75) is 38.5 Å². The highest BCUT2D eigenvalue weighted by Crippen LogP contribution is 2.01. The van der Waals surface area contributed by atoms with Crippen molar-refractivity contribution in [3.63, 3.8) is 0 Å². The molecule has 0 aromatic carbocycles. The summed E-state index contributed by atoms with van der Waals surface area (Å²) in [4.78, 5) is 25.8. The number of nitrogens with zero attached hydrogens (tertiary/aromatic N) is 3. The number of aromatic nitrogens is 3. The van der Waals surface area contributed by atoms with E-state index in [0.29, 0.717) is 31.8 Å². The minimum absolute atomic E-state index is 0.198. The molecule has 21 heavy (non-hydrogen) atoms. The molecular formula is C13H23N5O3. The van der Waals surface area contributed by atoms with Gasteiger partial charge in [0, 0.05) is 33.0 Å². The monoisotopic (exact) mass is 297 g/mol. The third-order valence-electron chi connectivity index (χ3n) is 2.88. The summed E-state index contributed by atoms with van der Waals surface area (Å²) in [5.74, 6) is -0.0499. The van der Waals surface area contributed by atoms with Crippen molar-refractivity contribution in [2.75, 3.05) is 13.1 Å². The van der Waals surface area contributed by atoms with Gasteiger partial charge in [-0.05, 0) is 12.8 Å². The molecule has 118 valence electrons. The molecule has 0 aliphatic heterocycles. The third kappa shape index (κ3) is 8.61. The van der Waals surface area contributed by atoms with Crippen LogP contribution in [0.3, 0.4) is 0 Å². The maximum Gasteiger partial charge on any atom is 0.314 e. The van der Waals surface area contributed by atoms with Gasteiger partial charge in [-0.25, -0.2) is 9.78 Å². The van der Waals surface area contributed by atoms with E-state index in [1.165, 1.54) is 0 Å². The molecule has 8 heteroatoms. The molecule has 1 heterocycles. The second-order valence-electron chi connectivity index (χ2n) is 4.83. The largest absolute Gasteiger partial charge is 0.481 e. The fourth-order valence-corrected chi connectivity index (χ4v) is 1.81. The zero-order valence-electron chi connectivity index (χ0n) is 12.3. The zero-order valence-corrected chi connectivity index (χ0v) is 12.3. The van der Waals surface area contributed by atoms with E-state index in [4.69, 9.17) is 5.11 Å². The van der Waals surface area contributed by atoms with Crippen molar-refractivity contribution in [3.8, 4) is 0 Å². The lowest BCUT2D eigenvalue weighted by atomic mass is 10.1. The van der Waals surface area contributed by atoms with Crippen LogP contribution in [0, 0.1) is 0 Å². The molecule has 8 nitrogen and oxygen atoms in total. The second-order valence-corrected chi connectivity index (χ2v) is 4.83. The lowest BCUT2D eigenvalue weighted by Crippen LogP contribution is -2.37. The van der Waals surface area contributed by atoms with Crippen LogP contribution in [-0.2, 0) is 18.3 Å². The molecule has 1 rings (SSSR count). The number of unbranched alkanes of at least 4 members (excludes halogenated alkanes) is 3. The lowest BCUT2D eigenvalue weighted by molar-refractivity contribution is -0.137. The molecule has 0 aliphatic carbocycles. The Morgan fingerprint density at radius 1 is 1.19 bits per heavy atom. The van der Waals surface area contributed by atoms with Gasteiger partial charge in [0.25, 0.3) is 0 Å². The van der Waals surface area contributed by atoms with Crippen LogP contribution in [0.5, 0.6) is 0 Å². The summed E-state index contributed by atoms with van der Waals surface area (Å²) >= 11 is 0. The number of aryl methyl sites for hydroxylation is 1. The predicted octanol–water partition coefficient (Wildman–Crippen LogP) is 0.692. The molecule has 0 spiro atoms. The molecule has 1 aromatic heterocycles. The first-order valence-electron chi connectivity index (χ1n) is 7.16. The summed E-state index contributed by atoms with van der Waals surface area (Å²) in [6.45, 7) is 1.09. The topological polar surface area (TPSA) is 109 Å². The Balaban J connectivity index is 1.93. The van der Waals surface area contributed by atoms with Gasteiger partial charge in [0.15, 0.2) is 5.82 Å². The van der Waals surface area contributed by atoms with Crippen molar-refractivity contribution < 1.29 is 14.7 Å². The summed E-state index contributed by atoms with van der Waals surface area (Å²) in [7, 11) is 1.80. The maximum absolute atomic E-state index is 11.5. The Labute approximate surface area is 123 Å². The van der Waals surface area contributed by atoms with E-state index >= 15 is 0 Å². The number of carbonyl (C=O) groups excluding carboxylic acids is 1. The summed E-state index contributed by atoms with van der Waals surface area (Å²) in [5, 5.41) is 18.1. The van der Waals surface area contributed by atoms with E-state index in [-0.39, 0.29) is 12.5 Å². The standard InChI is InChI=1S/C13H23N5O3/c1-18-10-16-11(17-18)7-9-15-13(21)14-8-5-3-2-4-6-12(19)20/h10H,2-9H2,1H3,(H,19,20)(H2,14,15,21). The van der Waals surface area contributed by atoms with Gasteiger partial charge in [0.1, 0.15) is 6.33 Å². The first-order chi connectivity index (χ1) is 10.1. The van der Waals surface area contributed by atoms with Crippen LogP contribution in [0.4, 0.5) is 4.79 Å². The van der Waals surface area contributed by atoms with E-state index < -0.39 is 5.97 Å². The Morgan fingerprint density at radius 2 is 1.90 bits per heavy atom. The van der Waals surface area contributed by atoms with E-state index in [1.807, 2.05) is 0 Å². The summed E-state index contributed by atoms with van der Waals surface area (Å²) in [6.07, 6.45) is 5.79. The summed E-state index contributed by atoms with van der Waals surface area (Å²) in [6, 6.07) is -0.198. The van der Waals surface area contributed by atoms with Crippen LogP contribution in [-0.4, -0.2) is 45.0 Å². The first-order valence-corrected chi connectivity index (χ1v) is 7.16. The number of aliphatic carboxylic acids is 1. The van der Waals surface area contributed by atoms with Crippen molar-refractivity contribution in [1.82, 2.24) is 25.4 Å². The van der Waals surface area contributed by atoms with E-state index in [0.717, 1.165) is 19.3 Å². The molecule has 0 atom stereocenters. The van der Waals surface area contributed by atoms with Gasteiger partial charge in [-0.2, -0.15) is 5.10 Å². The molecule has 2 amide bonds. The Kier molecular flexibility index (Phi) is 7.85. The average molecular weight is 297 g/mol. The number of carbonyl (C=O) groups is 2.